The van der Waals surface area contributed by atoms with Gasteiger partial charge in [-0.3, -0.25) is 29.6 Å². The number of pyridine rings is 1. The van der Waals surface area contributed by atoms with Gasteiger partial charge in [-0.05, 0) is 41.7 Å². The van der Waals surface area contributed by atoms with Crippen LogP contribution in [-0.4, -0.2) is 45.1 Å². The van der Waals surface area contributed by atoms with Crippen LogP contribution in [0.3, 0.4) is 0 Å². The standard InChI is InChI=1S/C25H20N4O6/c30-20-8-7-18(23(31)27-20)29-17-9-10-26-22-15(5-6-16(21(17)22)24(29)32)19-11-13-3-1-2-4-14(13)12-28(19)35-25(33)34/h1-6,9-10,18-19H,7-8,11-12H2,(H,33,34)(H,27,30,31)/t18?,19-/m0/s1. The van der Waals surface area contributed by atoms with Crippen LogP contribution in [0.5, 0.6) is 0 Å². The molecule has 1 unspecified atom stereocenters. The summed E-state index contributed by atoms with van der Waals surface area (Å²) in [7, 11) is 0. The summed E-state index contributed by atoms with van der Waals surface area (Å²) in [5, 5.41) is 13.7. The number of carbonyl (C=O) groups is 4. The molecule has 0 saturated carbocycles. The van der Waals surface area contributed by atoms with Crippen molar-refractivity contribution in [3.05, 3.63) is 70.9 Å². The predicted molar refractivity (Wildman–Crippen MR) is 122 cm³/mol. The predicted octanol–water partition coefficient (Wildman–Crippen LogP) is 2.71. The average Bonchev–Trinajstić information content (AvgIpc) is 3.12. The van der Waals surface area contributed by atoms with E-state index in [4.69, 9.17) is 4.84 Å². The molecule has 10 heteroatoms. The van der Waals surface area contributed by atoms with Gasteiger partial charge in [-0.2, -0.15) is 0 Å². The fourth-order valence-corrected chi connectivity index (χ4v) is 5.36. The number of carboxylic acid groups (broad SMARTS) is 1. The fourth-order valence-electron chi connectivity index (χ4n) is 5.36. The first-order valence-electron chi connectivity index (χ1n) is 11.3. The van der Waals surface area contributed by atoms with E-state index in [-0.39, 0.29) is 31.2 Å². The van der Waals surface area contributed by atoms with Gasteiger partial charge in [0.1, 0.15) is 6.04 Å². The highest BCUT2D eigenvalue weighted by Crippen LogP contribution is 2.43. The Morgan fingerprint density at radius 2 is 1.86 bits per heavy atom. The summed E-state index contributed by atoms with van der Waals surface area (Å²) < 4.78 is 0. The summed E-state index contributed by atoms with van der Waals surface area (Å²) >= 11 is 0. The molecule has 4 heterocycles. The van der Waals surface area contributed by atoms with Crippen LogP contribution in [0.25, 0.3) is 10.9 Å². The number of anilines is 1. The molecule has 2 aromatic carbocycles. The number of hydrogen-bond donors (Lipinski definition) is 2. The van der Waals surface area contributed by atoms with E-state index in [0.717, 1.165) is 16.7 Å². The molecule has 3 amide bonds. The lowest BCUT2D eigenvalue weighted by molar-refractivity contribution is -0.161. The van der Waals surface area contributed by atoms with Gasteiger partial charge in [-0.15, -0.1) is 5.06 Å². The Morgan fingerprint density at radius 3 is 2.63 bits per heavy atom. The minimum Gasteiger partial charge on any atom is -0.448 e. The van der Waals surface area contributed by atoms with Gasteiger partial charge in [-0.1, -0.05) is 30.3 Å². The van der Waals surface area contributed by atoms with E-state index in [1.165, 1.54) is 9.96 Å². The first-order chi connectivity index (χ1) is 16.9. The molecule has 3 aliphatic rings. The van der Waals surface area contributed by atoms with Crippen LogP contribution >= 0.6 is 0 Å². The first-order valence-corrected chi connectivity index (χ1v) is 11.3. The molecule has 3 aromatic rings. The van der Waals surface area contributed by atoms with Crippen molar-refractivity contribution in [1.82, 2.24) is 15.4 Å². The SMILES string of the molecule is O=C1CCC(N2C(=O)c3ccc([C@@H]4Cc5ccccc5CN4OC(=O)O)c4nccc2c34)C(=O)N1. The van der Waals surface area contributed by atoms with Gasteiger partial charge in [0.25, 0.3) is 5.91 Å². The molecule has 0 aliphatic carbocycles. The third kappa shape index (κ3) is 3.33. The minimum absolute atomic E-state index is 0.152. The van der Waals surface area contributed by atoms with Crippen molar-refractivity contribution in [2.75, 3.05) is 4.90 Å². The summed E-state index contributed by atoms with van der Waals surface area (Å²) in [5.41, 5.74) is 4.29. The second kappa shape index (κ2) is 7.88. The third-order valence-corrected chi connectivity index (χ3v) is 6.89. The number of amides is 3. The number of benzene rings is 2. The van der Waals surface area contributed by atoms with Crippen molar-refractivity contribution in [3.8, 4) is 0 Å². The molecule has 0 bridgehead atoms. The van der Waals surface area contributed by atoms with Crippen molar-refractivity contribution >= 4 is 40.5 Å². The monoisotopic (exact) mass is 472 g/mol. The summed E-state index contributed by atoms with van der Waals surface area (Å²) in [4.78, 5) is 60.2. The molecule has 0 spiro atoms. The largest absolute Gasteiger partial charge is 0.525 e. The molecule has 2 atom stereocenters. The number of carbonyl (C=O) groups excluding carboxylic acids is 3. The zero-order valence-corrected chi connectivity index (χ0v) is 18.4. The Labute approximate surface area is 199 Å². The number of aromatic nitrogens is 1. The number of imide groups is 1. The number of piperidine rings is 1. The van der Waals surface area contributed by atoms with Crippen LogP contribution in [0, 0.1) is 0 Å². The lowest BCUT2D eigenvalue weighted by atomic mass is 9.89. The first kappa shape index (κ1) is 21.2. The van der Waals surface area contributed by atoms with Crippen LogP contribution < -0.4 is 10.2 Å². The van der Waals surface area contributed by atoms with Gasteiger partial charge in [0.2, 0.25) is 11.8 Å². The van der Waals surface area contributed by atoms with Gasteiger partial charge in [0.15, 0.2) is 0 Å². The molecule has 0 radical (unpaired) electrons. The Bertz CT molecular complexity index is 1440. The molecule has 1 aromatic heterocycles. The molecule has 3 aliphatic heterocycles. The molecule has 1 saturated heterocycles. The zero-order chi connectivity index (χ0) is 24.3. The zero-order valence-electron chi connectivity index (χ0n) is 18.4. The number of rotatable bonds is 3. The second-order valence-electron chi connectivity index (χ2n) is 8.82. The lowest BCUT2D eigenvalue weighted by Crippen LogP contribution is -2.53. The quantitative estimate of drug-likeness (QED) is 0.557. The highest BCUT2D eigenvalue weighted by atomic mass is 16.8. The number of hydroxylamine groups is 2. The highest BCUT2D eigenvalue weighted by Gasteiger charge is 2.42. The maximum Gasteiger partial charge on any atom is 0.525 e. The Kier molecular flexibility index (Phi) is 4.78. The molecule has 176 valence electrons. The molecule has 2 N–H and O–H groups in total. The van der Waals surface area contributed by atoms with Crippen LogP contribution in [-0.2, 0) is 27.4 Å². The Morgan fingerprint density at radius 1 is 1.06 bits per heavy atom. The average molecular weight is 472 g/mol. The maximum absolute atomic E-state index is 13.4. The van der Waals surface area contributed by atoms with Crippen LogP contribution in [0.15, 0.2) is 48.7 Å². The van der Waals surface area contributed by atoms with Gasteiger partial charge in [-0.25, -0.2) is 4.79 Å². The van der Waals surface area contributed by atoms with Crippen molar-refractivity contribution < 1.29 is 29.1 Å². The van der Waals surface area contributed by atoms with Gasteiger partial charge >= 0.3 is 6.16 Å². The summed E-state index contributed by atoms with van der Waals surface area (Å²) in [6, 6.07) is 11.7. The Hall–Kier alpha value is -4.31. The molecular weight excluding hydrogens is 452 g/mol. The maximum atomic E-state index is 13.4. The van der Waals surface area contributed by atoms with Crippen LogP contribution in [0.1, 0.15) is 45.9 Å². The number of fused-ring (bicyclic) bond motifs is 1. The molecule has 1 fully saturated rings. The van der Waals surface area contributed by atoms with Crippen molar-refractivity contribution in [3.63, 3.8) is 0 Å². The number of nitrogens with zero attached hydrogens (tertiary/aromatic N) is 3. The highest BCUT2D eigenvalue weighted by molar-refractivity contribution is 6.27. The van der Waals surface area contributed by atoms with Gasteiger partial charge in [0.05, 0.1) is 29.4 Å². The van der Waals surface area contributed by atoms with Crippen LogP contribution in [0.4, 0.5) is 10.5 Å². The van der Waals surface area contributed by atoms with E-state index in [1.807, 2.05) is 24.3 Å². The van der Waals surface area contributed by atoms with Gasteiger partial charge < -0.3 is 9.94 Å². The summed E-state index contributed by atoms with van der Waals surface area (Å²) in [6.45, 7) is 0.275. The number of nitrogens with one attached hydrogen (secondary N) is 1. The van der Waals surface area contributed by atoms with E-state index in [1.54, 1.807) is 24.4 Å². The Balaban J connectivity index is 1.46. The third-order valence-electron chi connectivity index (χ3n) is 6.89. The normalized spacial score (nSPS) is 21.7. The van der Waals surface area contributed by atoms with Crippen molar-refractivity contribution in [2.24, 2.45) is 0 Å². The molecule has 35 heavy (non-hydrogen) atoms. The molecular formula is C25H20N4O6. The smallest absolute Gasteiger partial charge is 0.448 e. The van der Waals surface area contributed by atoms with Crippen molar-refractivity contribution in [2.45, 2.75) is 37.9 Å². The van der Waals surface area contributed by atoms with E-state index >= 15 is 0 Å². The van der Waals surface area contributed by atoms with E-state index < -0.39 is 24.1 Å². The minimum atomic E-state index is -1.41. The summed E-state index contributed by atoms with van der Waals surface area (Å²) in [5.74, 6) is -1.18. The number of hydrogen-bond acceptors (Lipinski definition) is 7. The molecule has 10 nitrogen and oxygen atoms in total. The van der Waals surface area contributed by atoms with E-state index in [0.29, 0.717) is 28.6 Å². The van der Waals surface area contributed by atoms with E-state index in [9.17, 15) is 24.3 Å². The molecule has 6 rings (SSSR count). The second-order valence-corrected chi connectivity index (χ2v) is 8.82. The van der Waals surface area contributed by atoms with Crippen LogP contribution in [0.2, 0.25) is 0 Å². The van der Waals surface area contributed by atoms with Crippen molar-refractivity contribution in [1.29, 1.82) is 0 Å². The van der Waals surface area contributed by atoms with E-state index in [2.05, 4.69) is 10.3 Å². The lowest BCUT2D eigenvalue weighted by Gasteiger charge is -2.34. The summed E-state index contributed by atoms with van der Waals surface area (Å²) in [6.07, 6.45) is 1.04. The fraction of sp³-hybridized carbons (Fsp3) is 0.240. The topological polar surface area (TPSA) is 129 Å². The van der Waals surface area contributed by atoms with Gasteiger partial charge in [0, 0.05) is 18.0 Å².